The van der Waals surface area contributed by atoms with Crippen molar-refractivity contribution in [3.63, 3.8) is 0 Å². The van der Waals surface area contributed by atoms with E-state index in [0.717, 1.165) is 29.2 Å². The van der Waals surface area contributed by atoms with Crippen molar-refractivity contribution in [1.82, 2.24) is 20.2 Å². The molecular formula is C13H13ClN4OS. The normalized spacial score (nSPS) is 15.7. The monoisotopic (exact) mass is 308 g/mol. The van der Waals surface area contributed by atoms with Crippen LogP contribution in [0.2, 0.25) is 5.02 Å². The Balaban J connectivity index is 1.84. The smallest absolute Gasteiger partial charge is 0.214 e. The van der Waals surface area contributed by atoms with Crippen LogP contribution in [-0.4, -0.2) is 26.5 Å². The van der Waals surface area contributed by atoms with Gasteiger partial charge < -0.3 is 0 Å². The molecule has 0 bridgehead atoms. The Morgan fingerprint density at radius 3 is 2.85 bits per heavy atom. The minimum atomic E-state index is 0.389. The molecule has 1 fully saturated rings. The van der Waals surface area contributed by atoms with Crippen LogP contribution in [-0.2, 0) is 0 Å². The maximum Gasteiger partial charge on any atom is 0.214 e. The van der Waals surface area contributed by atoms with Crippen LogP contribution >= 0.6 is 23.4 Å². The van der Waals surface area contributed by atoms with Gasteiger partial charge >= 0.3 is 0 Å². The number of hydrogen-bond donors (Lipinski definition) is 0. The number of benzene rings is 1. The van der Waals surface area contributed by atoms with Gasteiger partial charge in [0.15, 0.2) is 0 Å². The number of halogens is 1. The first-order chi connectivity index (χ1) is 9.78. The molecule has 1 aromatic heterocycles. The number of carbonyl (C=O) groups excluding carboxylic acids is 1. The fourth-order valence-electron chi connectivity index (χ4n) is 2.40. The van der Waals surface area contributed by atoms with Gasteiger partial charge in [0, 0.05) is 10.5 Å². The van der Waals surface area contributed by atoms with E-state index in [1.54, 1.807) is 12.1 Å². The molecule has 1 aliphatic rings. The van der Waals surface area contributed by atoms with Gasteiger partial charge in [0.2, 0.25) is 5.16 Å². The van der Waals surface area contributed by atoms with Crippen LogP contribution < -0.4 is 0 Å². The zero-order valence-corrected chi connectivity index (χ0v) is 12.3. The van der Waals surface area contributed by atoms with Crippen LogP contribution in [0.15, 0.2) is 28.3 Å². The molecule has 0 atom stereocenters. The Morgan fingerprint density at radius 1 is 1.35 bits per heavy atom. The van der Waals surface area contributed by atoms with Gasteiger partial charge in [-0.25, -0.2) is 4.68 Å². The number of aldehydes is 1. The molecule has 0 saturated heterocycles. The van der Waals surface area contributed by atoms with Gasteiger partial charge in [0.25, 0.3) is 0 Å². The molecule has 2 aromatic rings. The topological polar surface area (TPSA) is 60.7 Å². The summed E-state index contributed by atoms with van der Waals surface area (Å²) in [6.45, 7) is 0. The van der Waals surface area contributed by atoms with Crippen molar-refractivity contribution in [1.29, 1.82) is 0 Å². The third-order valence-electron chi connectivity index (χ3n) is 3.43. The van der Waals surface area contributed by atoms with E-state index < -0.39 is 0 Å². The number of aromatic nitrogens is 4. The molecule has 0 aliphatic heterocycles. The van der Waals surface area contributed by atoms with E-state index in [1.165, 1.54) is 24.6 Å². The molecule has 20 heavy (non-hydrogen) atoms. The third-order valence-corrected chi connectivity index (χ3v) is 4.88. The summed E-state index contributed by atoms with van der Waals surface area (Å²) in [6, 6.07) is 5.61. The number of carbonyl (C=O) groups is 1. The summed E-state index contributed by atoms with van der Waals surface area (Å²) in [5.74, 6) is 0. The quantitative estimate of drug-likeness (QED) is 0.810. The minimum Gasteiger partial charge on any atom is -0.298 e. The van der Waals surface area contributed by atoms with Gasteiger partial charge in [0.1, 0.15) is 6.29 Å². The molecule has 104 valence electrons. The second kappa shape index (κ2) is 5.93. The molecular weight excluding hydrogens is 296 g/mol. The number of nitrogens with zero attached hydrogens (tertiary/aromatic N) is 4. The maximum absolute atomic E-state index is 10.7. The molecule has 0 amide bonds. The highest BCUT2D eigenvalue weighted by atomic mass is 35.5. The fraction of sp³-hybridized carbons (Fsp3) is 0.385. The van der Waals surface area contributed by atoms with Gasteiger partial charge in [0.05, 0.1) is 11.1 Å². The lowest BCUT2D eigenvalue weighted by Gasteiger charge is -2.11. The predicted octanol–water partition coefficient (Wildman–Crippen LogP) is 3.41. The fourth-order valence-corrected chi connectivity index (χ4v) is 3.55. The average molecular weight is 309 g/mol. The van der Waals surface area contributed by atoms with Crippen molar-refractivity contribution in [2.75, 3.05) is 0 Å². The van der Waals surface area contributed by atoms with Crippen molar-refractivity contribution >= 4 is 29.6 Å². The van der Waals surface area contributed by atoms with E-state index in [0.29, 0.717) is 16.6 Å². The van der Waals surface area contributed by atoms with Crippen LogP contribution in [0.1, 0.15) is 42.1 Å². The van der Waals surface area contributed by atoms with Gasteiger partial charge in [-0.2, -0.15) is 0 Å². The zero-order valence-electron chi connectivity index (χ0n) is 10.7. The maximum atomic E-state index is 10.7. The lowest BCUT2D eigenvalue weighted by Crippen LogP contribution is -2.08. The first-order valence-corrected chi connectivity index (χ1v) is 7.68. The Hall–Kier alpha value is -1.40. The van der Waals surface area contributed by atoms with Crippen LogP contribution in [0, 0.1) is 0 Å². The number of tetrazole rings is 1. The van der Waals surface area contributed by atoms with Gasteiger partial charge in [-0.05, 0) is 47.2 Å². The first kappa shape index (κ1) is 13.6. The Kier molecular flexibility index (Phi) is 4.03. The first-order valence-electron chi connectivity index (χ1n) is 6.48. The van der Waals surface area contributed by atoms with E-state index >= 15 is 0 Å². The molecule has 5 nitrogen and oxygen atoms in total. The third kappa shape index (κ3) is 2.71. The summed E-state index contributed by atoms with van der Waals surface area (Å²) in [6.07, 6.45) is 5.47. The average Bonchev–Trinajstić information content (AvgIpc) is 3.11. The second-order valence-electron chi connectivity index (χ2n) is 4.75. The molecule has 7 heteroatoms. The molecule has 1 aromatic carbocycles. The Bertz CT molecular complexity index is 625. The van der Waals surface area contributed by atoms with Crippen LogP contribution in [0.5, 0.6) is 0 Å². The molecule has 3 rings (SSSR count). The van der Waals surface area contributed by atoms with E-state index in [4.69, 9.17) is 11.6 Å². The summed E-state index contributed by atoms with van der Waals surface area (Å²) >= 11 is 7.61. The molecule has 0 unspecified atom stereocenters. The van der Waals surface area contributed by atoms with Gasteiger partial charge in [-0.15, -0.1) is 5.10 Å². The zero-order chi connectivity index (χ0) is 13.9. The van der Waals surface area contributed by atoms with E-state index in [2.05, 4.69) is 15.5 Å². The minimum absolute atomic E-state index is 0.389. The van der Waals surface area contributed by atoms with E-state index in [1.807, 2.05) is 10.7 Å². The van der Waals surface area contributed by atoms with E-state index in [-0.39, 0.29) is 0 Å². The lowest BCUT2D eigenvalue weighted by molar-refractivity contribution is 0.112. The number of hydrogen-bond acceptors (Lipinski definition) is 5. The van der Waals surface area contributed by atoms with Crippen molar-refractivity contribution in [3.05, 3.63) is 28.8 Å². The molecule has 0 spiro atoms. The largest absolute Gasteiger partial charge is 0.298 e. The van der Waals surface area contributed by atoms with Crippen molar-refractivity contribution in [2.24, 2.45) is 0 Å². The van der Waals surface area contributed by atoms with Gasteiger partial charge in [-0.1, -0.05) is 30.5 Å². The van der Waals surface area contributed by atoms with Gasteiger partial charge in [-0.3, -0.25) is 4.79 Å². The Labute approximate surface area is 125 Å². The SMILES string of the molecule is O=Cc1ccc(Sc2nnnn2C2CCCC2)c(Cl)c1. The highest BCUT2D eigenvalue weighted by Gasteiger charge is 2.22. The molecule has 1 aliphatic carbocycles. The van der Waals surface area contributed by atoms with Crippen LogP contribution in [0.3, 0.4) is 0 Å². The molecule has 0 N–H and O–H groups in total. The summed E-state index contributed by atoms with van der Waals surface area (Å²) in [5, 5.41) is 13.2. The summed E-state index contributed by atoms with van der Waals surface area (Å²) in [7, 11) is 0. The van der Waals surface area contributed by atoms with Crippen molar-refractivity contribution in [3.8, 4) is 0 Å². The molecule has 1 heterocycles. The highest BCUT2D eigenvalue weighted by Crippen LogP contribution is 2.36. The summed E-state index contributed by atoms with van der Waals surface area (Å²) in [5.41, 5.74) is 0.565. The standard InChI is InChI=1S/C13H13ClN4OS/c14-11-7-9(8-19)5-6-12(11)20-13-15-16-17-18(13)10-3-1-2-4-10/h5-8,10H,1-4H2. The molecule has 0 radical (unpaired) electrons. The summed E-state index contributed by atoms with van der Waals surface area (Å²) < 4.78 is 1.89. The molecule has 1 saturated carbocycles. The second-order valence-corrected chi connectivity index (χ2v) is 6.17. The Morgan fingerprint density at radius 2 is 2.15 bits per heavy atom. The summed E-state index contributed by atoms with van der Waals surface area (Å²) in [4.78, 5) is 11.6. The predicted molar refractivity (Wildman–Crippen MR) is 76.3 cm³/mol. The van der Waals surface area contributed by atoms with Crippen LogP contribution in [0.4, 0.5) is 0 Å². The lowest BCUT2D eigenvalue weighted by atomic mass is 10.2. The van der Waals surface area contributed by atoms with Crippen LogP contribution in [0.25, 0.3) is 0 Å². The van der Waals surface area contributed by atoms with Crippen molar-refractivity contribution < 1.29 is 4.79 Å². The highest BCUT2D eigenvalue weighted by molar-refractivity contribution is 7.99. The van der Waals surface area contributed by atoms with Crippen molar-refractivity contribution in [2.45, 2.75) is 41.8 Å². The number of rotatable bonds is 4. The van der Waals surface area contributed by atoms with E-state index in [9.17, 15) is 4.79 Å².